The Kier molecular flexibility index (Phi) is 4.26. The van der Waals surface area contributed by atoms with Crippen LogP contribution in [-0.4, -0.2) is 30.4 Å². The lowest BCUT2D eigenvalue weighted by molar-refractivity contribution is -0.136. The lowest BCUT2D eigenvalue weighted by Gasteiger charge is -2.14. The van der Waals surface area contributed by atoms with E-state index in [0.717, 1.165) is 11.1 Å². The minimum Gasteiger partial charge on any atom is -0.465 e. The summed E-state index contributed by atoms with van der Waals surface area (Å²) in [6.07, 6.45) is 1.74. The molecule has 4 heteroatoms. The topological polar surface area (TPSA) is 46.6 Å². The van der Waals surface area contributed by atoms with Gasteiger partial charge in [0.15, 0.2) is 0 Å². The van der Waals surface area contributed by atoms with Crippen molar-refractivity contribution in [3.8, 4) is 0 Å². The minimum atomic E-state index is -0.477. The maximum Gasteiger partial charge on any atom is 0.340 e. The first-order valence-corrected chi connectivity index (χ1v) is 6.89. The van der Waals surface area contributed by atoms with Crippen LogP contribution in [0, 0.1) is 6.92 Å². The number of ether oxygens (including phenoxy) is 1. The molecule has 0 N–H and O–H groups in total. The fourth-order valence-corrected chi connectivity index (χ4v) is 2.44. The molecule has 0 fully saturated rings. The number of hydrogen-bond acceptors (Lipinski definition) is 3. The van der Waals surface area contributed by atoms with Gasteiger partial charge < -0.3 is 9.64 Å². The third-order valence-corrected chi connectivity index (χ3v) is 3.61. The van der Waals surface area contributed by atoms with Crippen LogP contribution in [0.3, 0.4) is 0 Å². The Hall–Kier alpha value is -2.36. The highest BCUT2D eigenvalue weighted by atomic mass is 16.5. The standard InChI is InChI=1S/C17H19NO3/c1-5-18-12(3)15(17(20)21-4)14(16(18)19)10-13-8-6-11(2)7-9-13/h6-10H,5H2,1-4H3. The Morgan fingerprint density at radius 3 is 2.38 bits per heavy atom. The molecule has 0 aliphatic carbocycles. The number of likely N-dealkylation sites (N-methyl/N-ethyl adjacent to an activating group) is 1. The Morgan fingerprint density at radius 2 is 1.86 bits per heavy atom. The summed E-state index contributed by atoms with van der Waals surface area (Å²) in [5, 5.41) is 0. The summed E-state index contributed by atoms with van der Waals surface area (Å²) in [5.74, 6) is -0.633. The third kappa shape index (κ3) is 2.75. The van der Waals surface area contributed by atoms with Crippen LogP contribution >= 0.6 is 0 Å². The molecule has 0 unspecified atom stereocenters. The van der Waals surface area contributed by atoms with Gasteiger partial charge in [0.05, 0.1) is 18.3 Å². The summed E-state index contributed by atoms with van der Waals surface area (Å²) in [6.45, 7) is 6.17. The lowest BCUT2D eigenvalue weighted by Crippen LogP contribution is -2.24. The van der Waals surface area contributed by atoms with Crippen LogP contribution < -0.4 is 0 Å². The van der Waals surface area contributed by atoms with Crippen molar-refractivity contribution in [2.24, 2.45) is 0 Å². The van der Waals surface area contributed by atoms with Gasteiger partial charge in [0, 0.05) is 12.2 Å². The van der Waals surface area contributed by atoms with Crippen LogP contribution in [0.5, 0.6) is 0 Å². The molecule has 0 saturated heterocycles. The second kappa shape index (κ2) is 5.95. The Morgan fingerprint density at radius 1 is 1.24 bits per heavy atom. The van der Waals surface area contributed by atoms with Crippen LogP contribution in [0.25, 0.3) is 6.08 Å². The van der Waals surface area contributed by atoms with Gasteiger partial charge in [0.1, 0.15) is 0 Å². The second-order valence-electron chi connectivity index (χ2n) is 4.97. The number of benzene rings is 1. The molecule has 1 aromatic carbocycles. The fourth-order valence-electron chi connectivity index (χ4n) is 2.44. The van der Waals surface area contributed by atoms with E-state index in [1.54, 1.807) is 17.9 Å². The SMILES string of the molecule is CCN1C(=O)C(=Cc2ccc(C)cc2)C(C(=O)OC)=C1C. The number of esters is 1. The van der Waals surface area contributed by atoms with Gasteiger partial charge in [0.25, 0.3) is 5.91 Å². The van der Waals surface area contributed by atoms with Crippen molar-refractivity contribution in [3.63, 3.8) is 0 Å². The third-order valence-electron chi connectivity index (χ3n) is 3.61. The fraction of sp³-hybridized carbons (Fsp3) is 0.294. The average molecular weight is 285 g/mol. The zero-order valence-corrected chi connectivity index (χ0v) is 12.8. The predicted molar refractivity (Wildman–Crippen MR) is 81.3 cm³/mol. The molecule has 0 bridgehead atoms. The van der Waals surface area contributed by atoms with Crippen molar-refractivity contribution >= 4 is 18.0 Å². The van der Waals surface area contributed by atoms with Gasteiger partial charge in [-0.25, -0.2) is 4.79 Å². The zero-order chi connectivity index (χ0) is 15.6. The molecular formula is C17H19NO3. The van der Waals surface area contributed by atoms with E-state index in [1.165, 1.54) is 7.11 Å². The maximum absolute atomic E-state index is 12.5. The zero-order valence-electron chi connectivity index (χ0n) is 12.8. The molecule has 1 amide bonds. The Bertz CT molecular complexity index is 639. The van der Waals surface area contributed by atoms with E-state index in [0.29, 0.717) is 23.4 Å². The smallest absolute Gasteiger partial charge is 0.340 e. The van der Waals surface area contributed by atoms with Crippen LogP contribution in [0.1, 0.15) is 25.0 Å². The predicted octanol–water partition coefficient (Wildman–Crippen LogP) is 2.69. The molecule has 0 radical (unpaired) electrons. The number of amides is 1. The molecule has 0 spiro atoms. The molecule has 0 saturated carbocycles. The van der Waals surface area contributed by atoms with Crippen molar-refractivity contribution in [3.05, 3.63) is 52.2 Å². The molecular weight excluding hydrogens is 266 g/mol. The molecule has 0 atom stereocenters. The first-order valence-electron chi connectivity index (χ1n) is 6.89. The molecule has 110 valence electrons. The van der Waals surface area contributed by atoms with Crippen molar-refractivity contribution in [1.82, 2.24) is 4.90 Å². The van der Waals surface area contributed by atoms with Crippen molar-refractivity contribution in [2.75, 3.05) is 13.7 Å². The van der Waals surface area contributed by atoms with Gasteiger partial charge >= 0.3 is 5.97 Å². The van der Waals surface area contributed by atoms with Gasteiger partial charge in [-0.3, -0.25) is 4.79 Å². The highest BCUT2D eigenvalue weighted by Gasteiger charge is 2.35. The van der Waals surface area contributed by atoms with Crippen LogP contribution in [-0.2, 0) is 14.3 Å². The average Bonchev–Trinajstić information content (AvgIpc) is 2.71. The first kappa shape index (κ1) is 15.0. The van der Waals surface area contributed by atoms with Gasteiger partial charge in [-0.2, -0.15) is 0 Å². The van der Waals surface area contributed by atoms with E-state index >= 15 is 0 Å². The quantitative estimate of drug-likeness (QED) is 0.633. The van der Waals surface area contributed by atoms with Crippen molar-refractivity contribution < 1.29 is 14.3 Å². The molecule has 4 nitrogen and oxygen atoms in total. The lowest BCUT2D eigenvalue weighted by atomic mass is 10.0. The summed E-state index contributed by atoms with van der Waals surface area (Å²) in [6, 6.07) is 7.79. The molecule has 1 aromatic rings. The van der Waals surface area contributed by atoms with E-state index in [9.17, 15) is 9.59 Å². The normalized spacial score (nSPS) is 16.9. The summed E-state index contributed by atoms with van der Waals surface area (Å²) < 4.78 is 4.82. The molecule has 1 aliphatic heterocycles. The van der Waals surface area contributed by atoms with Gasteiger partial charge in [-0.05, 0) is 32.4 Å². The van der Waals surface area contributed by atoms with Crippen LogP contribution in [0.4, 0.5) is 0 Å². The summed E-state index contributed by atoms with van der Waals surface area (Å²) in [4.78, 5) is 26.0. The van der Waals surface area contributed by atoms with Gasteiger partial charge in [-0.15, -0.1) is 0 Å². The number of carbonyl (C=O) groups is 2. The van der Waals surface area contributed by atoms with Crippen LogP contribution in [0.2, 0.25) is 0 Å². The van der Waals surface area contributed by atoms with E-state index in [-0.39, 0.29) is 5.91 Å². The summed E-state index contributed by atoms with van der Waals surface area (Å²) in [7, 11) is 1.32. The van der Waals surface area contributed by atoms with Crippen molar-refractivity contribution in [1.29, 1.82) is 0 Å². The van der Waals surface area contributed by atoms with Crippen LogP contribution in [0.15, 0.2) is 41.1 Å². The number of nitrogens with zero attached hydrogens (tertiary/aromatic N) is 1. The first-order chi connectivity index (χ1) is 9.99. The van der Waals surface area contributed by atoms with Gasteiger partial charge in [0.2, 0.25) is 0 Å². The van der Waals surface area contributed by atoms with Gasteiger partial charge in [-0.1, -0.05) is 29.8 Å². The molecule has 2 rings (SSSR count). The van der Waals surface area contributed by atoms with E-state index in [1.807, 2.05) is 38.1 Å². The number of carbonyl (C=O) groups excluding carboxylic acids is 2. The van der Waals surface area contributed by atoms with E-state index < -0.39 is 5.97 Å². The van der Waals surface area contributed by atoms with Crippen molar-refractivity contribution in [2.45, 2.75) is 20.8 Å². The highest BCUT2D eigenvalue weighted by Crippen LogP contribution is 2.31. The largest absolute Gasteiger partial charge is 0.465 e. The monoisotopic (exact) mass is 285 g/mol. The maximum atomic E-state index is 12.5. The molecule has 1 aliphatic rings. The van der Waals surface area contributed by atoms with E-state index in [2.05, 4.69) is 0 Å². The Balaban J connectivity index is 2.52. The molecule has 0 aromatic heterocycles. The summed E-state index contributed by atoms with van der Waals surface area (Å²) in [5.41, 5.74) is 3.42. The number of aryl methyl sites for hydroxylation is 1. The number of methoxy groups -OCH3 is 1. The number of rotatable bonds is 3. The molecule has 1 heterocycles. The number of hydrogen-bond donors (Lipinski definition) is 0. The second-order valence-corrected chi connectivity index (χ2v) is 4.97. The Labute approximate surface area is 124 Å². The minimum absolute atomic E-state index is 0.157. The highest BCUT2D eigenvalue weighted by molar-refractivity contribution is 6.16. The van der Waals surface area contributed by atoms with E-state index in [4.69, 9.17) is 4.74 Å². The molecule has 21 heavy (non-hydrogen) atoms. The summed E-state index contributed by atoms with van der Waals surface area (Å²) >= 11 is 0. The number of allylic oxidation sites excluding steroid dienone is 1.